The van der Waals surface area contributed by atoms with Crippen LogP contribution in [0.3, 0.4) is 0 Å². The molecule has 2 aromatic carbocycles. The lowest BCUT2D eigenvalue weighted by Gasteiger charge is -2.10. The first-order valence-electron chi connectivity index (χ1n) is 7.20. The summed E-state index contributed by atoms with van der Waals surface area (Å²) in [6.07, 6.45) is 0.391. The van der Waals surface area contributed by atoms with Gasteiger partial charge in [0, 0.05) is 11.6 Å². The summed E-state index contributed by atoms with van der Waals surface area (Å²) >= 11 is 11.6. The van der Waals surface area contributed by atoms with Gasteiger partial charge in [0.25, 0.3) is 0 Å². The van der Waals surface area contributed by atoms with Crippen LogP contribution in [-0.4, -0.2) is 32.6 Å². The van der Waals surface area contributed by atoms with Gasteiger partial charge in [0.2, 0.25) is 10.0 Å². The second kappa shape index (κ2) is 8.53. The molecule has 0 amide bonds. The Kier molecular flexibility index (Phi) is 6.66. The molecule has 6 nitrogen and oxygen atoms in total. The number of nitrogens with one attached hydrogen (secondary N) is 1. The molecule has 0 aliphatic rings. The van der Waals surface area contributed by atoms with Crippen LogP contribution in [0.15, 0.2) is 47.4 Å². The maximum atomic E-state index is 12.2. The van der Waals surface area contributed by atoms with Crippen molar-refractivity contribution in [2.24, 2.45) is 0 Å². The molecular weight excluding hydrogens is 389 g/mol. The van der Waals surface area contributed by atoms with Gasteiger partial charge in [0.15, 0.2) is 0 Å². The van der Waals surface area contributed by atoms with E-state index >= 15 is 0 Å². The Morgan fingerprint density at radius 3 is 2.60 bits per heavy atom. The van der Waals surface area contributed by atoms with Gasteiger partial charge in [-0.2, -0.15) is 0 Å². The highest BCUT2D eigenvalue weighted by atomic mass is 35.5. The molecule has 0 aliphatic heterocycles. The van der Waals surface area contributed by atoms with Crippen LogP contribution in [-0.2, 0) is 10.0 Å². The van der Waals surface area contributed by atoms with E-state index in [1.54, 1.807) is 12.1 Å². The van der Waals surface area contributed by atoms with Crippen molar-refractivity contribution >= 4 is 39.2 Å². The fourth-order valence-electron chi connectivity index (χ4n) is 1.96. The molecule has 0 spiro atoms. The highest BCUT2D eigenvalue weighted by Crippen LogP contribution is 2.24. The highest BCUT2D eigenvalue weighted by Gasteiger charge is 2.17. The zero-order valence-electron chi connectivity index (χ0n) is 12.9. The van der Waals surface area contributed by atoms with E-state index in [4.69, 9.17) is 33.0 Å². The first-order chi connectivity index (χ1) is 11.8. The maximum absolute atomic E-state index is 12.2. The number of hydrogen-bond acceptors (Lipinski definition) is 4. The summed E-state index contributed by atoms with van der Waals surface area (Å²) < 4.78 is 32.2. The molecule has 0 aromatic heterocycles. The molecule has 0 unspecified atom stereocenters. The van der Waals surface area contributed by atoms with Gasteiger partial charge in [-0.3, -0.25) is 0 Å². The fourth-order valence-corrected chi connectivity index (χ4v) is 3.80. The molecule has 2 aromatic rings. The predicted octanol–water partition coefficient (Wildman–Crippen LogP) is 3.44. The lowest BCUT2D eigenvalue weighted by Crippen LogP contribution is -2.26. The number of hydrogen-bond donors (Lipinski definition) is 2. The first-order valence-corrected chi connectivity index (χ1v) is 9.44. The Morgan fingerprint density at radius 1 is 1.16 bits per heavy atom. The van der Waals surface area contributed by atoms with Crippen LogP contribution in [0.5, 0.6) is 5.75 Å². The van der Waals surface area contributed by atoms with Gasteiger partial charge >= 0.3 is 5.97 Å². The van der Waals surface area contributed by atoms with Crippen LogP contribution < -0.4 is 9.46 Å². The SMILES string of the molecule is O=C(O)c1cccc(OCCCNS(=O)(=O)c2ccc(Cl)cc2Cl)c1. The molecule has 0 atom stereocenters. The molecule has 0 aliphatic carbocycles. The molecule has 0 radical (unpaired) electrons. The Hall–Kier alpha value is -1.80. The van der Waals surface area contributed by atoms with Gasteiger partial charge in [-0.15, -0.1) is 0 Å². The third kappa shape index (κ3) is 5.61. The molecule has 0 bridgehead atoms. The van der Waals surface area contributed by atoms with E-state index in [1.165, 1.54) is 30.3 Å². The topological polar surface area (TPSA) is 92.7 Å². The molecule has 25 heavy (non-hydrogen) atoms. The van der Waals surface area contributed by atoms with Gasteiger partial charge in [-0.25, -0.2) is 17.9 Å². The average molecular weight is 404 g/mol. The van der Waals surface area contributed by atoms with E-state index in [0.717, 1.165) is 0 Å². The Balaban J connectivity index is 1.84. The second-order valence-electron chi connectivity index (χ2n) is 5.01. The second-order valence-corrected chi connectivity index (χ2v) is 7.59. The normalized spacial score (nSPS) is 11.3. The Bertz CT molecular complexity index is 871. The van der Waals surface area contributed by atoms with Crippen molar-refractivity contribution in [3.05, 3.63) is 58.1 Å². The van der Waals surface area contributed by atoms with Crippen molar-refractivity contribution in [2.45, 2.75) is 11.3 Å². The summed E-state index contributed by atoms with van der Waals surface area (Å²) in [5.41, 5.74) is 0.121. The minimum atomic E-state index is -3.74. The van der Waals surface area contributed by atoms with Gasteiger partial charge in [0.05, 0.1) is 17.2 Å². The molecule has 0 saturated heterocycles. The van der Waals surface area contributed by atoms with E-state index < -0.39 is 16.0 Å². The molecular formula is C16H15Cl2NO5S. The zero-order valence-corrected chi connectivity index (χ0v) is 15.2. The van der Waals surface area contributed by atoms with Crippen molar-refractivity contribution in [2.75, 3.05) is 13.2 Å². The molecule has 2 N–H and O–H groups in total. The summed E-state index contributed by atoms with van der Waals surface area (Å²) in [7, 11) is -3.74. The predicted molar refractivity (Wildman–Crippen MR) is 95.2 cm³/mol. The van der Waals surface area contributed by atoms with Crippen molar-refractivity contribution in [1.29, 1.82) is 0 Å². The lowest BCUT2D eigenvalue weighted by atomic mass is 10.2. The van der Waals surface area contributed by atoms with Gasteiger partial charge in [-0.1, -0.05) is 29.3 Å². The maximum Gasteiger partial charge on any atom is 0.335 e. The summed E-state index contributed by atoms with van der Waals surface area (Å²) in [5, 5.41) is 9.30. The third-order valence-corrected chi connectivity index (χ3v) is 5.33. The minimum absolute atomic E-state index is 0.0433. The van der Waals surface area contributed by atoms with Gasteiger partial charge < -0.3 is 9.84 Å². The highest BCUT2D eigenvalue weighted by molar-refractivity contribution is 7.89. The number of carbonyl (C=O) groups is 1. The van der Waals surface area contributed by atoms with Crippen LogP contribution in [0.2, 0.25) is 10.0 Å². The number of sulfonamides is 1. The van der Waals surface area contributed by atoms with E-state index in [9.17, 15) is 13.2 Å². The minimum Gasteiger partial charge on any atom is -0.494 e. The van der Waals surface area contributed by atoms with Crippen LogP contribution in [0.4, 0.5) is 0 Å². The average Bonchev–Trinajstić information content (AvgIpc) is 2.54. The van der Waals surface area contributed by atoms with Crippen LogP contribution in [0.25, 0.3) is 0 Å². The number of rotatable bonds is 8. The Morgan fingerprint density at radius 2 is 1.92 bits per heavy atom. The molecule has 0 heterocycles. The van der Waals surface area contributed by atoms with Crippen LogP contribution in [0.1, 0.15) is 16.8 Å². The number of carboxylic acid groups (broad SMARTS) is 1. The summed E-state index contributed by atoms with van der Waals surface area (Å²) in [4.78, 5) is 10.8. The van der Waals surface area contributed by atoms with Crippen LogP contribution in [0, 0.1) is 0 Å². The standard InChI is InChI=1S/C16H15Cl2NO5S/c17-12-5-6-15(14(18)10-12)25(22,23)19-7-2-8-24-13-4-1-3-11(9-13)16(20)21/h1,3-6,9-10,19H,2,7-8H2,(H,20,21). The lowest BCUT2D eigenvalue weighted by molar-refractivity contribution is 0.0696. The first kappa shape index (κ1) is 19.5. The van der Waals surface area contributed by atoms with Crippen molar-refractivity contribution in [3.63, 3.8) is 0 Å². The number of aromatic carboxylic acids is 1. The molecule has 2 rings (SSSR count). The quantitative estimate of drug-likeness (QED) is 0.658. The number of carboxylic acids is 1. The van der Waals surface area contributed by atoms with E-state index in [2.05, 4.69) is 4.72 Å². The van der Waals surface area contributed by atoms with E-state index in [1.807, 2.05) is 0 Å². The number of benzene rings is 2. The molecule has 134 valence electrons. The van der Waals surface area contributed by atoms with Crippen LogP contribution >= 0.6 is 23.2 Å². The van der Waals surface area contributed by atoms with E-state index in [-0.39, 0.29) is 28.6 Å². The van der Waals surface area contributed by atoms with Crippen molar-refractivity contribution in [3.8, 4) is 5.75 Å². The fraction of sp³-hybridized carbons (Fsp3) is 0.188. The van der Waals surface area contributed by atoms with E-state index in [0.29, 0.717) is 17.2 Å². The van der Waals surface area contributed by atoms with Crippen molar-refractivity contribution in [1.82, 2.24) is 4.72 Å². The number of halogens is 2. The summed E-state index contributed by atoms with van der Waals surface area (Å²) in [6.45, 7) is 0.361. The molecule has 0 saturated carbocycles. The monoisotopic (exact) mass is 403 g/mol. The largest absolute Gasteiger partial charge is 0.494 e. The van der Waals surface area contributed by atoms with Crippen molar-refractivity contribution < 1.29 is 23.1 Å². The number of ether oxygens (including phenoxy) is 1. The Labute approximate surface area is 155 Å². The summed E-state index contributed by atoms with van der Waals surface area (Å²) in [5.74, 6) is -0.637. The third-order valence-electron chi connectivity index (χ3n) is 3.15. The smallest absolute Gasteiger partial charge is 0.335 e. The van der Waals surface area contributed by atoms with Gasteiger partial charge in [-0.05, 0) is 42.8 Å². The molecule has 0 fully saturated rings. The molecule has 9 heteroatoms. The zero-order chi connectivity index (χ0) is 18.4. The van der Waals surface area contributed by atoms with Gasteiger partial charge in [0.1, 0.15) is 10.6 Å². The summed E-state index contributed by atoms with van der Waals surface area (Å²) in [6, 6.07) is 10.2.